The van der Waals surface area contributed by atoms with E-state index in [1.54, 1.807) is 24.3 Å². The zero-order valence-electron chi connectivity index (χ0n) is 12.5. The Morgan fingerprint density at radius 3 is 2.38 bits per heavy atom. The third kappa shape index (κ3) is 6.52. The molecule has 0 spiro atoms. The number of rotatable bonds is 8. The maximum Gasteiger partial charge on any atom is 0.215 e. The van der Waals surface area contributed by atoms with Crippen molar-refractivity contribution < 1.29 is 13.2 Å². The van der Waals surface area contributed by atoms with Gasteiger partial charge in [-0.05, 0) is 26.3 Å². The standard InChI is InChI=1S/C14H22N2O3S2/c1-4-19-14(2,3)10-16-21(17,18)9-11-5-7-12(8-6-11)13(15)20/h5-8,16H,4,9-10H2,1-3H3,(H2,15,20). The maximum atomic E-state index is 12.1. The molecule has 0 aliphatic heterocycles. The molecule has 7 heteroatoms. The molecule has 5 nitrogen and oxygen atoms in total. The molecule has 21 heavy (non-hydrogen) atoms. The summed E-state index contributed by atoms with van der Waals surface area (Å²) in [6, 6.07) is 6.86. The lowest BCUT2D eigenvalue weighted by molar-refractivity contribution is -0.00515. The van der Waals surface area contributed by atoms with Crippen molar-refractivity contribution >= 4 is 27.2 Å². The number of nitrogens with two attached hydrogens (primary N) is 1. The Balaban J connectivity index is 2.66. The molecule has 0 atom stereocenters. The van der Waals surface area contributed by atoms with Gasteiger partial charge in [-0.2, -0.15) is 0 Å². The molecule has 118 valence electrons. The van der Waals surface area contributed by atoms with Crippen LogP contribution in [-0.2, 0) is 20.5 Å². The van der Waals surface area contributed by atoms with Gasteiger partial charge in [0.25, 0.3) is 0 Å². The topological polar surface area (TPSA) is 81.4 Å². The van der Waals surface area contributed by atoms with E-state index in [-0.39, 0.29) is 12.3 Å². The van der Waals surface area contributed by atoms with Crippen molar-refractivity contribution in [3.05, 3.63) is 35.4 Å². The summed E-state index contributed by atoms with van der Waals surface area (Å²) in [7, 11) is -3.41. The minimum Gasteiger partial charge on any atom is -0.389 e. The molecule has 0 fully saturated rings. The third-order valence-corrected chi connectivity index (χ3v) is 4.38. The van der Waals surface area contributed by atoms with Crippen LogP contribution in [0.5, 0.6) is 0 Å². The third-order valence-electron chi connectivity index (χ3n) is 2.85. The summed E-state index contributed by atoms with van der Waals surface area (Å²) in [5, 5.41) is 0. The first kappa shape index (κ1) is 18.0. The average molecular weight is 330 g/mol. The predicted molar refractivity (Wildman–Crippen MR) is 88.7 cm³/mol. The van der Waals surface area contributed by atoms with Gasteiger partial charge in [-0.25, -0.2) is 13.1 Å². The van der Waals surface area contributed by atoms with Crippen molar-refractivity contribution in [2.45, 2.75) is 32.1 Å². The number of hydrogen-bond donors (Lipinski definition) is 2. The summed E-state index contributed by atoms with van der Waals surface area (Å²) in [5.41, 5.74) is 6.37. The van der Waals surface area contributed by atoms with Crippen molar-refractivity contribution in [1.29, 1.82) is 0 Å². The molecule has 0 unspecified atom stereocenters. The van der Waals surface area contributed by atoms with Crippen LogP contribution >= 0.6 is 12.2 Å². The summed E-state index contributed by atoms with van der Waals surface area (Å²) in [5.74, 6) is -0.0905. The molecule has 0 aliphatic carbocycles. The Bertz CT molecular complexity index is 581. The van der Waals surface area contributed by atoms with Crippen molar-refractivity contribution in [2.75, 3.05) is 13.2 Å². The maximum absolute atomic E-state index is 12.1. The molecule has 0 aromatic heterocycles. The van der Waals surface area contributed by atoms with Crippen LogP contribution in [-0.4, -0.2) is 32.2 Å². The van der Waals surface area contributed by atoms with E-state index in [1.807, 2.05) is 20.8 Å². The van der Waals surface area contributed by atoms with Crippen LogP contribution in [0.2, 0.25) is 0 Å². The highest BCUT2D eigenvalue weighted by atomic mass is 32.2. The van der Waals surface area contributed by atoms with Crippen LogP contribution in [0.15, 0.2) is 24.3 Å². The quantitative estimate of drug-likeness (QED) is 0.707. The highest BCUT2D eigenvalue weighted by Gasteiger charge is 2.21. The Hall–Kier alpha value is -1.02. The second-order valence-electron chi connectivity index (χ2n) is 5.33. The number of nitrogens with one attached hydrogen (secondary N) is 1. The van der Waals surface area contributed by atoms with Gasteiger partial charge >= 0.3 is 0 Å². The Morgan fingerprint density at radius 1 is 1.33 bits per heavy atom. The van der Waals surface area contributed by atoms with E-state index in [2.05, 4.69) is 4.72 Å². The molecule has 1 aromatic rings. The van der Waals surface area contributed by atoms with E-state index in [1.165, 1.54) is 0 Å². The SMILES string of the molecule is CCOC(C)(C)CNS(=O)(=O)Cc1ccc(C(N)=S)cc1. The highest BCUT2D eigenvalue weighted by Crippen LogP contribution is 2.11. The molecule has 0 heterocycles. The number of thiocarbonyl (C=S) groups is 1. The van der Waals surface area contributed by atoms with Gasteiger partial charge in [0.15, 0.2) is 0 Å². The van der Waals surface area contributed by atoms with E-state index < -0.39 is 15.6 Å². The highest BCUT2D eigenvalue weighted by molar-refractivity contribution is 7.88. The molecule has 0 saturated heterocycles. The molecule has 1 aromatic carbocycles. The van der Waals surface area contributed by atoms with Crippen LogP contribution in [0, 0.1) is 0 Å². The van der Waals surface area contributed by atoms with Crippen LogP contribution < -0.4 is 10.5 Å². The first-order valence-electron chi connectivity index (χ1n) is 6.65. The van der Waals surface area contributed by atoms with Gasteiger partial charge in [-0.1, -0.05) is 36.5 Å². The fourth-order valence-electron chi connectivity index (χ4n) is 1.76. The van der Waals surface area contributed by atoms with E-state index in [9.17, 15) is 8.42 Å². The number of ether oxygens (including phenoxy) is 1. The molecule has 0 bridgehead atoms. The van der Waals surface area contributed by atoms with Crippen molar-refractivity contribution in [3.63, 3.8) is 0 Å². The first-order valence-corrected chi connectivity index (χ1v) is 8.71. The summed E-state index contributed by atoms with van der Waals surface area (Å²) < 4.78 is 32.1. The second kappa shape index (κ2) is 7.31. The Morgan fingerprint density at radius 2 is 1.90 bits per heavy atom. The molecular weight excluding hydrogens is 308 g/mol. The van der Waals surface area contributed by atoms with Crippen LogP contribution in [0.25, 0.3) is 0 Å². The number of benzene rings is 1. The largest absolute Gasteiger partial charge is 0.389 e. The molecule has 0 saturated carbocycles. The van der Waals surface area contributed by atoms with E-state index in [0.717, 1.165) is 5.56 Å². The number of sulfonamides is 1. The number of hydrogen-bond acceptors (Lipinski definition) is 4. The van der Waals surface area contributed by atoms with Crippen LogP contribution in [0.3, 0.4) is 0 Å². The summed E-state index contributed by atoms with van der Waals surface area (Å²) in [4.78, 5) is 0.293. The van der Waals surface area contributed by atoms with E-state index >= 15 is 0 Å². The zero-order chi connectivity index (χ0) is 16.1. The summed E-state index contributed by atoms with van der Waals surface area (Å²) >= 11 is 4.86. The van der Waals surface area contributed by atoms with Gasteiger partial charge in [-0.3, -0.25) is 0 Å². The lowest BCUT2D eigenvalue weighted by Gasteiger charge is -2.24. The lowest BCUT2D eigenvalue weighted by atomic mass is 10.1. The summed E-state index contributed by atoms with van der Waals surface area (Å²) in [6.45, 7) is 6.33. The van der Waals surface area contributed by atoms with E-state index in [4.69, 9.17) is 22.7 Å². The van der Waals surface area contributed by atoms with Gasteiger partial charge in [-0.15, -0.1) is 0 Å². The fourth-order valence-corrected chi connectivity index (χ4v) is 3.20. The molecule has 0 radical (unpaired) electrons. The van der Waals surface area contributed by atoms with Gasteiger partial charge in [0.2, 0.25) is 10.0 Å². The van der Waals surface area contributed by atoms with Gasteiger partial charge in [0.05, 0.1) is 11.4 Å². The molecule has 3 N–H and O–H groups in total. The van der Waals surface area contributed by atoms with Crippen molar-refractivity contribution in [3.8, 4) is 0 Å². The smallest absolute Gasteiger partial charge is 0.215 e. The first-order chi connectivity index (χ1) is 9.65. The van der Waals surface area contributed by atoms with Gasteiger partial charge < -0.3 is 10.5 Å². The lowest BCUT2D eigenvalue weighted by Crippen LogP contribution is -2.40. The Kier molecular flexibility index (Phi) is 6.27. The zero-order valence-corrected chi connectivity index (χ0v) is 14.2. The van der Waals surface area contributed by atoms with Gasteiger partial charge in [0.1, 0.15) is 4.99 Å². The predicted octanol–water partition coefficient (Wildman–Crippen LogP) is 1.56. The average Bonchev–Trinajstić information content (AvgIpc) is 2.37. The van der Waals surface area contributed by atoms with Crippen molar-refractivity contribution in [2.24, 2.45) is 5.73 Å². The second-order valence-corrected chi connectivity index (χ2v) is 7.58. The molecule has 1 rings (SSSR count). The van der Waals surface area contributed by atoms with E-state index in [0.29, 0.717) is 17.2 Å². The van der Waals surface area contributed by atoms with Gasteiger partial charge in [0, 0.05) is 18.7 Å². The monoisotopic (exact) mass is 330 g/mol. The Labute approximate surface area is 131 Å². The minimum absolute atomic E-state index is 0.0905. The fraction of sp³-hybridized carbons (Fsp3) is 0.500. The molecular formula is C14H22N2O3S2. The minimum atomic E-state index is -3.41. The van der Waals surface area contributed by atoms with Crippen molar-refractivity contribution in [1.82, 2.24) is 4.72 Å². The summed E-state index contributed by atoms with van der Waals surface area (Å²) in [6.07, 6.45) is 0. The van der Waals surface area contributed by atoms with Crippen LogP contribution in [0.1, 0.15) is 31.9 Å². The molecule has 0 amide bonds. The van der Waals surface area contributed by atoms with Crippen LogP contribution in [0.4, 0.5) is 0 Å². The molecule has 0 aliphatic rings. The normalized spacial score (nSPS) is 12.3.